The Morgan fingerprint density at radius 3 is 2.48 bits per heavy atom. The van der Waals surface area contributed by atoms with Crippen LogP contribution in [-0.4, -0.2) is 22.6 Å². The molecule has 0 radical (unpaired) electrons. The lowest BCUT2D eigenvalue weighted by atomic mass is 9.96. The van der Waals surface area contributed by atoms with Gasteiger partial charge in [-0.2, -0.15) is 0 Å². The number of rotatable bonds is 8. The van der Waals surface area contributed by atoms with E-state index in [0.29, 0.717) is 17.4 Å². The molecule has 33 heavy (non-hydrogen) atoms. The smallest absolute Gasteiger partial charge is 0.244 e. The van der Waals surface area contributed by atoms with E-state index in [2.05, 4.69) is 50.4 Å². The molecule has 0 saturated carbocycles. The number of carbonyl (C=O) groups excluding carboxylic acids is 1. The summed E-state index contributed by atoms with van der Waals surface area (Å²) in [6.07, 6.45) is 1.07. The molecule has 0 saturated heterocycles. The molecule has 0 aliphatic heterocycles. The van der Waals surface area contributed by atoms with E-state index < -0.39 is 0 Å². The third-order valence-electron chi connectivity index (χ3n) is 5.85. The number of nitrogens with one attached hydrogen (secondary N) is 1. The molecule has 0 spiro atoms. The predicted octanol–water partition coefficient (Wildman–Crippen LogP) is 6.03. The molecule has 1 heterocycles. The van der Waals surface area contributed by atoms with Gasteiger partial charge < -0.3 is 14.6 Å². The van der Waals surface area contributed by atoms with Crippen molar-refractivity contribution in [3.8, 4) is 5.75 Å². The first kappa shape index (κ1) is 22.6. The van der Waals surface area contributed by atoms with Crippen LogP contribution in [0, 0.1) is 5.92 Å². The lowest BCUT2D eigenvalue weighted by Gasteiger charge is -2.16. The van der Waals surface area contributed by atoms with Crippen LogP contribution in [0.1, 0.15) is 43.6 Å². The number of methoxy groups -OCH3 is 1. The topological polar surface area (TPSA) is 56.1 Å². The van der Waals surface area contributed by atoms with Crippen molar-refractivity contribution in [1.82, 2.24) is 9.55 Å². The van der Waals surface area contributed by atoms with Gasteiger partial charge in [0.25, 0.3) is 0 Å². The van der Waals surface area contributed by atoms with E-state index in [4.69, 9.17) is 9.72 Å². The number of nitrogens with zero attached hydrogens (tertiary/aromatic N) is 2. The van der Waals surface area contributed by atoms with E-state index in [0.717, 1.165) is 23.3 Å². The van der Waals surface area contributed by atoms with Crippen molar-refractivity contribution in [3.05, 3.63) is 89.7 Å². The quantitative estimate of drug-likeness (QED) is 0.363. The number of anilines is 1. The molecule has 1 unspecified atom stereocenters. The second-order valence-electron chi connectivity index (χ2n) is 8.89. The summed E-state index contributed by atoms with van der Waals surface area (Å²) in [5.74, 6) is 2.16. The van der Waals surface area contributed by atoms with Gasteiger partial charge in [-0.3, -0.25) is 4.79 Å². The highest BCUT2D eigenvalue weighted by molar-refractivity contribution is 5.92. The number of aromatic nitrogens is 2. The van der Waals surface area contributed by atoms with Gasteiger partial charge in [-0.1, -0.05) is 63.2 Å². The Bertz CT molecular complexity index is 1240. The van der Waals surface area contributed by atoms with Crippen LogP contribution in [0.15, 0.2) is 72.8 Å². The number of ether oxygens (including phenoxy) is 1. The molecule has 1 amide bonds. The maximum Gasteiger partial charge on any atom is 0.244 e. The maximum absolute atomic E-state index is 13.0. The number of amides is 1. The average molecular weight is 442 g/mol. The largest absolute Gasteiger partial charge is 0.497 e. The number of imidazole rings is 1. The van der Waals surface area contributed by atoms with Crippen molar-refractivity contribution in [3.63, 3.8) is 0 Å². The van der Waals surface area contributed by atoms with Gasteiger partial charge in [0.05, 0.1) is 18.1 Å². The zero-order valence-corrected chi connectivity index (χ0v) is 19.7. The Labute approximate surface area is 195 Å². The van der Waals surface area contributed by atoms with E-state index in [1.165, 1.54) is 11.1 Å². The van der Waals surface area contributed by atoms with Gasteiger partial charge in [-0.25, -0.2) is 4.98 Å². The van der Waals surface area contributed by atoms with Gasteiger partial charge in [-0.15, -0.1) is 0 Å². The van der Waals surface area contributed by atoms with Gasteiger partial charge in [0.2, 0.25) is 5.91 Å². The van der Waals surface area contributed by atoms with Crippen LogP contribution in [0.25, 0.3) is 11.0 Å². The summed E-state index contributed by atoms with van der Waals surface area (Å²) < 4.78 is 7.29. The molecule has 3 aromatic carbocycles. The Kier molecular flexibility index (Phi) is 6.78. The molecular weight excluding hydrogens is 410 g/mol. The van der Waals surface area contributed by atoms with Crippen LogP contribution in [-0.2, 0) is 17.8 Å². The molecule has 0 aliphatic rings. The van der Waals surface area contributed by atoms with Gasteiger partial charge >= 0.3 is 0 Å². The molecule has 1 N–H and O–H groups in total. The highest BCUT2D eigenvalue weighted by Gasteiger charge is 2.20. The summed E-state index contributed by atoms with van der Waals surface area (Å²) in [7, 11) is 1.61. The Balaban J connectivity index is 1.62. The fourth-order valence-electron chi connectivity index (χ4n) is 4.20. The number of fused-ring (bicyclic) bond motifs is 1. The third kappa shape index (κ3) is 5.25. The minimum atomic E-state index is -0.105. The van der Waals surface area contributed by atoms with Crippen LogP contribution < -0.4 is 10.1 Å². The molecule has 170 valence electrons. The summed E-state index contributed by atoms with van der Waals surface area (Å²) in [6, 6.07) is 24.1. The Morgan fingerprint density at radius 1 is 1.00 bits per heavy atom. The van der Waals surface area contributed by atoms with Crippen molar-refractivity contribution >= 4 is 22.6 Å². The zero-order chi connectivity index (χ0) is 23.4. The van der Waals surface area contributed by atoms with Gasteiger partial charge in [0.15, 0.2) is 0 Å². The summed E-state index contributed by atoms with van der Waals surface area (Å²) in [4.78, 5) is 17.9. The fourth-order valence-corrected chi connectivity index (χ4v) is 4.20. The molecule has 5 nitrogen and oxygen atoms in total. The Hall–Kier alpha value is -3.60. The summed E-state index contributed by atoms with van der Waals surface area (Å²) in [6.45, 7) is 6.79. The van der Waals surface area contributed by atoms with E-state index in [1.807, 2.05) is 53.1 Å². The van der Waals surface area contributed by atoms with Crippen LogP contribution in [0.3, 0.4) is 0 Å². The van der Waals surface area contributed by atoms with Gasteiger partial charge in [0.1, 0.15) is 18.1 Å². The summed E-state index contributed by atoms with van der Waals surface area (Å²) in [5.41, 5.74) is 5.08. The molecule has 1 atom stereocenters. The predicted molar refractivity (Wildman–Crippen MR) is 134 cm³/mol. The summed E-state index contributed by atoms with van der Waals surface area (Å²) >= 11 is 0. The van der Waals surface area contributed by atoms with Crippen molar-refractivity contribution in [2.75, 3.05) is 12.4 Å². The van der Waals surface area contributed by atoms with E-state index >= 15 is 0 Å². The number of para-hydroxylation sites is 2. The van der Waals surface area contributed by atoms with E-state index in [-0.39, 0.29) is 18.4 Å². The molecule has 0 bridgehead atoms. The molecule has 0 fully saturated rings. The summed E-state index contributed by atoms with van der Waals surface area (Å²) in [5, 5.41) is 2.98. The monoisotopic (exact) mass is 441 g/mol. The van der Waals surface area contributed by atoms with Gasteiger partial charge in [-0.05, 0) is 47.7 Å². The maximum atomic E-state index is 13.0. The van der Waals surface area contributed by atoms with Crippen molar-refractivity contribution in [2.24, 2.45) is 5.92 Å². The van der Waals surface area contributed by atoms with Crippen molar-refractivity contribution in [1.29, 1.82) is 0 Å². The lowest BCUT2D eigenvalue weighted by molar-refractivity contribution is -0.116. The third-order valence-corrected chi connectivity index (χ3v) is 5.85. The van der Waals surface area contributed by atoms with Crippen LogP contribution in [0.5, 0.6) is 5.75 Å². The van der Waals surface area contributed by atoms with Crippen LogP contribution in [0.4, 0.5) is 5.69 Å². The molecule has 5 heteroatoms. The van der Waals surface area contributed by atoms with Crippen molar-refractivity contribution < 1.29 is 9.53 Å². The molecular formula is C28H31N3O2. The van der Waals surface area contributed by atoms with Crippen LogP contribution >= 0.6 is 0 Å². The lowest BCUT2D eigenvalue weighted by Crippen LogP contribution is -2.21. The second-order valence-corrected chi connectivity index (χ2v) is 8.89. The normalized spacial score (nSPS) is 12.2. The van der Waals surface area contributed by atoms with Crippen molar-refractivity contribution in [2.45, 2.75) is 39.7 Å². The Morgan fingerprint density at radius 2 is 1.76 bits per heavy atom. The molecule has 1 aromatic heterocycles. The highest BCUT2D eigenvalue weighted by atomic mass is 16.5. The standard InChI is InChI=1S/C28H31N3O2/c1-19(2)16-21-12-14-22(15-13-21)20(3)28-30-25-10-5-6-11-26(25)31(28)18-27(32)29-23-8-7-9-24(17-23)33-4/h5-15,17,19-20H,16,18H2,1-4H3,(H,29,32). The average Bonchev–Trinajstić information content (AvgIpc) is 3.17. The number of benzene rings is 3. The molecule has 4 rings (SSSR count). The van der Waals surface area contributed by atoms with E-state index in [9.17, 15) is 4.79 Å². The second kappa shape index (κ2) is 9.90. The first-order valence-corrected chi connectivity index (χ1v) is 11.4. The number of carbonyl (C=O) groups is 1. The minimum absolute atomic E-state index is 0.0510. The zero-order valence-electron chi connectivity index (χ0n) is 19.7. The first-order chi connectivity index (χ1) is 15.9. The SMILES string of the molecule is COc1cccc(NC(=O)Cn2c(C(C)c3ccc(CC(C)C)cc3)nc3ccccc32)c1. The molecule has 0 aliphatic carbocycles. The molecule has 4 aromatic rings. The van der Waals surface area contributed by atoms with Crippen LogP contribution in [0.2, 0.25) is 0 Å². The highest BCUT2D eigenvalue weighted by Crippen LogP contribution is 2.28. The number of hydrogen-bond acceptors (Lipinski definition) is 3. The minimum Gasteiger partial charge on any atom is -0.497 e. The van der Waals surface area contributed by atoms with E-state index in [1.54, 1.807) is 7.11 Å². The first-order valence-electron chi connectivity index (χ1n) is 11.4. The number of hydrogen-bond donors (Lipinski definition) is 1. The fraction of sp³-hybridized carbons (Fsp3) is 0.286. The van der Waals surface area contributed by atoms with Gasteiger partial charge in [0, 0.05) is 17.7 Å².